The predicted molar refractivity (Wildman–Crippen MR) is 99.7 cm³/mol. The average Bonchev–Trinajstić information content (AvgIpc) is 3.05. The van der Waals surface area contributed by atoms with Gasteiger partial charge in [-0.3, -0.25) is 4.99 Å². The Morgan fingerprint density at radius 2 is 2.00 bits per heavy atom. The molecule has 2 atom stereocenters. The standard InChI is InChI=1S/C20H31N3O/c1-21-20(23-14-17-9-3-4-10-18(17)15-23)22-12-6-8-16-7-5-11-19(13-16)24-2/h5,7,11,13,17-18H,3-4,6,8-10,12,14-15H2,1-2H3,(H,21,22). The Labute approximate surface area is 146 Å². The summed E-state index contributed by atoms with van der Waals surface area (Å²) in [6, 6.07) is 8.35. The molecular weight excluding hydrogens is 298 g/mol. The predicted octanol–water partition coefficient (Wildman–Crippen LogP) is 3.33. The van der Waals surface area contributed by atoms with Crippen LogP contribution in [0.3, 0.4) is 0 Å². The number of rotatable bonds is 5. The molecule has 1 aromatic carbocycles. The summed E-state index contributed by atoms with van der Waals surface area (Å²) < 4.78 is 5.29. The van der Waals surface area contributed by atoms with Gasteiger partial charge in [0.15, 0.2) is 5.96 Å². The molecule has 0 bridgehead atoms. The molecule has 1 saturated carbocycles. The first kappa shape index (κ1) is 17.1. The van der Waals surface area contributed by atoms with Crippen LogP contribution in [0.5, 0.6) is 5.75 Å². The average molecular weight is 329 g/mol. The molecule has 0 amide bonds. The lowest BCUT2D eigenvalue weighted by atomic mass is 9.82. The van der Waals surface area contributed by atoms with Crippen molar-refractivity contribution >= 4 is 5.96 Å². The maximum Gasteiger partial charge on any atom is 0.193 e. The zero-order chi connectivity index (χ0) is 16.8. The lowest BCUT2D eigenvalue weighted by molar-refractivity contribution is 0.299. The molecule has 24 heavy (non-hydrogen) atoms. The second kappa shape index (κ2) is 8.41. The van der Waals surface area contributed by atoms with E-state index < -0.39 is 0 Å². The molecule has 2 aliphatic rings. The van der Waals surface area contributed by atoms with Crippen LogP contribution < -0.4 is 10.1 Å². The molecule has 2 unspecified atom stereocenters. The number of hydrogen-bond donors (Lipinski definition) is 1. The normalized spacial score (nSPS) is 23.9. The first-order valence-electron chi connectivity index (χ1n) is 9.38. The number of methoxy groups -OCH3 is 1. The Kier molecular flexibility index (Phi) is 6.00. The van der Waals surface area contributed by atoms with Crippen LogP contribution in [-0.2, 0) is 6.42 Å². The molecule has 132 valence electrons. The highest BCUT2D eigenvalue weighted by atomic mass is 16.5. The Hall–Kier alpha value is -1.71. The molecule has 4 heteroatoms. The summed E-state index contributed by atoms with van der Waals surface area (Å²) in [6.45, 7) is 3.36. The largest absolute Gasteiger partial charge is 0.497 e. The molecule has 1 heterocycles. The second-order valence-electron chi connectivity index (χ2n) is 7.14. The van der Waals surface area contributed by atoms with Gasteiger partial charge in [0.25, 0.3) is 0 Å². The van der Waals surface area contributed by atoms with Crippen molar-refractivity contribution in [3.63, 3.8) is 0 Å². The SMILES string of the molecule is CN=C(NCCCc1cccc(OC)c1)N1CC2CCCCC2C1. The van der Waals surface area contributed by atoms with E-state index in [1.165, 1.54) is 44.3 Å². The number of aliphatic imine (C=N–C) groups is 1. The number of likely N-dealkylation sites (tertiary alicyclic amines) is 1. The van der Waals surface area contributed by atoms with Gasteiger partial charge in [0, 0.05) is 26.7 Å². The molecular formula is C20H31N3O. The van der Waals surface area contributed by atoms with Gasteiger partial charge in [0.1, 0.15) is 5.75 Å². The number of ether oxygens (including phenoxy) is 1. The minimum atomic E-state index is 0.897. The summed E-state index contributed by atoms with van der Waals surface area (Å²) >= 11 is 0. The summed E-state index contributed by atoms with van der Waals surface area (Å²) in [5, 5.41) is 3.56. The maximum atomic E-state index is 5.29. The van der Waals surface area contributed by atoms with E-state index in [0.717, 1.165) is 42.9 Å². The van der Waals surface area contributed by atoms with E-state index >= 15 is 0 Å². The van der Waals surface area contributed by atoms with Crippen molar-refractivity contribution in [2.75, 3.05) is 33.8 Å². The zero-order valence-electron chi connectivity index (χ0n) is 15.1. The van der Waals surface area contributed by atoms with Gasteiger partial charge in [-0.15, -0.1) is 0 Å². The van der Waals surface area contributed by atoms with Gasteiger partial charge in [-0.25, -0.2) is 0 Å². The van der Waals surface area contributed by atoms with Crippen molar-refractivity contribution in [1.29, 1.82) is 0 Å². The highest BCUT2D eigenvalue weighted by Crippen LogP contribution is 2.35. The number of nitrogens with zero attached hydrogens (tertiary/aromatic N) is 2. The third-order valence-electron chi connectivity index (χ3n) is 5.55. The van der Waals surface area contributed by atoms with Gasteiger partial charge < -0.3 is 15.0 Å². The maximum absolute atomic E-state index is 5.29. The van der Waals surface area contributed by atoms with Crippen LogP contribution in [0.2, 0.25) is 0 Å². The van der Waals surface area contributed by atoms with Gasteiger partial charge in [0.2, 0.25) is 0 Å². The van der Waals surface area contributed by atoms with E-state index in [1.807, 2.05) is 13.1 Å². The van der Waals surface area contributed by atoms with Crippen LogP contribution in [0.1, 0.15) is 37.7 Å². The molecule has 2 fully saturated rings. The number of aryl methyl sites for hydroxylation is 1. The molecule has 1 N–H and O–H groups in total. The van der Waals surface area contributed by atoms with E-state index in [9.17, 15) is 0 Å². The minimum absolute atomic E-state index is 0.897. The summed E-state index contributed by atoms with van der Waals surface area (Å²) in [7, 11) is 3.63. The molecule has 0 spiro atoms. The third-order valence-corrected chi connectivity index (χ3v) is 5.55. The number of guanidine groups is 1. The quantitative estimate of drug-likeness (QED) is 0.511. The van der Waals surface area contributed by atoms with Crippen molar-refractivity contribution < 1.29 is 4.74 Å². The Balaban J connectivity index is 1.43. The van der Waals surface area contributed by atoms with Gasteiger partial charge in [-0.1, -0.05) is 25.0 Å². The molecule has 3 rings (SSSR count). The lowest BCUT2D eigenvalue weighted by Gasteiger charge is -2.22. The van der Waals surface area contributed by atoms with E-state index in [0.29, 0.717) is 0 Å². The van der Waals surface area contributed by atoms with E-state index in [1.54, 1.807) is 7.11 Å². The zero-order valence-corrected chi connectivity index (χ0v) is 15.1. The molecule has 1 aliphatic heterocycles. The summed E-state index contributed by atoms with van der Waals surface area (Å²) in [5.74, 6) is 3.83. The fourth-order valence-corrected chi connectivity index (χ4v) is 4.23. The number of benzene rings is 1. The molecule has 1 aromatic rings. The molecule has 1 saturated heterocycles. The van der Waals surface area contributed by atoms with Crippen LogP contribution in [0.15, 0.2) is 29.3 Å². The fraction of sp³-hybridized carbons (Fsp3) is 0.650. The van der Waals surface area contributed by atoms with Crippen molar-refractivity contribution in [2.24, 2.45) is 16.8 Å². The second-order valence-corrected chi connectivity index (χ2v) is 7.14. The van der Waals surface area contributed by atoms with Gasteiger partial charge in [-0.05, 0) is 55.2 Å². The molecule has 0 radical (unpaired) electrons. The number of hydrogen-bond acceptors (Lipinski definition) is 2. The fourth-order valence-electron chi connectivity index (χ4n) is 4.23. The Morgan fingerprint density at radius 1 is 1.25 bits per heavy atom. The van der Waals surface area contributed by atoms with Crippen LogP contribution in [0.4, 0.5) is 0 Å². The summed E-state index contributed by atoms with van der Waals surface area (Å²) in [5.41, 5.74) is 1.33. The van der Waals surface area contributed by atoms with Crippen LogP contribution in [0, 0.1) is 11.8 Å². The van der Waals surface area contributed by atoms with Crippen molar-refractivity contribution in [2.45, 2.75) is 38.5 Å². The minimum Gasteiger partial charge on any atom is -0.497 e. The monoisotopic (exact) mass is 329 g/mol. The lowest BCUT2D eigenvalue weighted by Crippen LogP contribution is -2.40. The smallest absolute Gasteiger partial charge is 0.193 e. The summed E-state index contributed by atoms with van der Waals surface area (Å²) in [6.07, 6.45) is 7.82. The molecule has 1 aliphatic carbocycles. The first-order valence-corrected chi connectivity index (χ1v) is 9.38. The highest BCUT2D eigenvalue weighted by molar-refractivity contribution is 5.80. The van der Waals surface area contributed by atoms with E-state index in [-0.39, 0.29) is 0 Å². The topological polar surface area (TPSA) is 36.9 Å². The Bertz CT molecular complexity index is 544. The van der Waals surface area contributed by atoms with Gasteiger partial charge in [-0.2, -0.15) is 0 Å². The third kappa shape index (κ3) is 4.22. The van der Waals surface area contributed by atoms with E-state index in [4.69, 9.17) is 4.74 Å². The van der Waals surface area contributed by atoms with Crippen LogP contribution >= 0.6 is 0 Å². The van der Waals surface area contributed by atoms with Crippen LogP contribution in [-0.4, -0.2) is 44.7 Å². The van der Waals surface area contributed by atoms with Gasteiger partial charge >= 0.3 is 0 Å². The number of fused-ring (bicyclic) bond motifs is 1. The summed E-state index contributed by atoms with van der Waals surface area (Å²) in [4.78, 5) is 6.99. The first-order chi connectivity index (χ1) is 11.8. The van der Waals surface area contributed by atoms with E-state index in [2.05, 4.69) is 33.4 Å². The molecule has 4 nitrogen and oxygen atoms in total. The highest BCUT2D eigenvalue weighted by Gasteiger charge is 2.35. The Morgan fingerprint density at radius 3 is 2.67 bits per heavy atom. The van der Waals surface area contributed by atoms with Crippen LogP contribution in [0.25, 0.3) is 0 Å². The van der Waals surface area contributed by atoms with Crippen molar-refractivity contribution in [1.82, 2.24) is 10.2 Å². The van der Waals surface area contributed by atoms with Gasteiger partial charge in [0.05, 0.1) is 7.11 Å². The van der Waals surface area contributed by atoms with Crippen molar-refractivity contribution in [3.8, 4) is 5.75 Å². The molecule has 0 aromatic heterocycles. The number of nitrogens with one attached hydrogen (secondary N) is 1. The van der Waals surface area contributed by atoms with Crippen molar-refractivity contribution in [3.05, 3.63) is 29.8 Å².